The van der Waals surface area contributed by atoms with Crippen LogP contribution in [0.3, 0.4) is 0 Å². The van der Waals surface area contributed by atoms with Gasteiger partial charge in [-0.15, -0.1) is 0 Å². The predicted octanol–water partition coefficient (Wildman–Crippen LogP) is 3.30. The highest BCUT2D eigenvalue weighted by Gasteiger charge is 2.25. The summed E-state index contributed by atoms with van der Waals surface area (Å²) < 4.78 is 3.05. The van der Waals surface area contributed by atoms with Crippen LogP contribution in [0.4, 0.5) is 0 Å². The second-order valence-electron chi connectivity index (χ2n) is 6.11. The molecule has 0 fully saturated rings. The molecule has 0 atom stereocenters. The normalized spacial score (nSPS) is 12.1. The van der Waals surface area contributed by atoms with E-state index in [2.05, 4.69) is 60.5 Å². The van der Waals surface area contributed by atoms with Gasteiger partial charge < -0.3 is 5.11 Å². The third-order valence-corrected chi connectivity index (χ3v) is 4.49. The van der Waals surface area contributed by atoms with Gasteiger partial charge in [0.05, 0.1) is 22.3 Å². The number of aliphatic carboxylic acids is 1. The number of rotatable bonds is 7. The fourth-order valence-corrected chi connectivity index (χ4v) is 2.92. The molecule has 0 aromatic carbocycles. The molecule has 0 amide bonds. The van der Waals surface area contributed by atoms with Gasteiger partial charge in [-0.1, -0.05) is 6.92 Å². The molecular formula is C15H26BrN3O2. The molecule has 1 N–H and O–H groups in total. The summed E-state index contributed by atoms with van der Waals surface area (Å²) in [5.74, 6) is -0.762. The van der Waals surface area contributed by atoms with Crippen LogP contribution < -0.4 is 0 Å². The quantitative estimate of drug-likeness (QED) is 0.811. The number of hydrogen-bond acceptors (Lipinski definition) is 3. The maximum atomic E-state index is 10.9. The maximum Gasteiger partial charge on any atom is 0.304 e. The Morgan fingerprint density at radius 3 is 2.43 bits per heavy atom. The summed E-state index contributed by atoms with van der Waals surface area (Å²) >= 11 is 3.65. The molecule has 0 aliphatic rings. The van der Waals surface area contributed by atoms with Gasteiger partial charge in [-0.25, -0.2) is 0 Å². The van der Waals surface area contributed by atoms with Gasteiger partial charge in [0.2, 0.25) is 0 Å². The van der Waals surface area contributed by atoms with Gasteiger partial charge in [-0.05, 0) is 50.0 Å². The van der Waals surface area contributed by atoms with Crippen LogP contribution in [-0.4, -0.2) is 37.8 Å². The minimum Gasteiger partial charge on any atom is -0.481 e. The fourth-order valence-electron chi connectivity index (χ4n) is 2.23. The Bertz CT molecular complexity index is 492. The van der Waals surface area contributed by atoms with Crippen molar-refractivity contribution >= 4 is 21.9 Å². The van der Waals surface area contributed by atoms with E-state index < -0.39 is 5.97 Å². The smallest absolute Gasteiger partial charge is 0.304 e. The van der Waals surface area contributed by atoms with Crippen LogP contribution in [0.2, 0.25) is 0 Å². The number of hydrogen-bond donors (Lipinski definition) is 1. The average Bonchev–Trinajstić information content (AvgIpc) is 2.69. The first-order valence-corrected chi connectivity index (χ1v) is 8.20. The third kappa shape index (κ3) is 4.81. The van der Waals surface area contributed by atoms with Crippen LogP contribution in [-0.2, 0) is 24.3 Å². The van der Waals surface area contributed by atoms with Crippen LogP contribution >= 0.6 is 15.9 Å². The topological polar surface area (TPSA) is 58.4 Å². The maximum absolute atomic E-state index is 10.9. The van der Waals surface area contributed by atoms with Gasteiger partial charge in [0, 0.05) is 25.2 Å². The summed E-state index contributed by atoms with van der Waals surface area (Å²) in [5.41, 5.74) is 2.08. The third-order valence-electron chi connectivity index (χ3n) is 3.58. The van der Waals surface area contributed by atoms with Crippen molar-refractivity contribution in [3.05, 3.63) is 15.9 Å². The number of halogens is 1. The van der Waals surface area contributed by atoms with Crippen molar-refractivity contribution in [2.24, 2.45) is 0 Å². The molecule has 1 aromatic heterocycles. The minimum absolute atomic E-state index is 0.0931. The molecule has 1 heterocycles. The van der Waals surface area contributed by atoms with Gasteiger partial charge in [-0.2, -0.15) is 5.10 Å². The first-order chi connectivity index (χ1) is 9.70. The van der Waals surface area contributed by atoms with E-state index in [0.717, 1.165) is 28.8 Å². The van der Waals surface area contributed by atoms with Gasteiger partial charge >= 0.3 is 5.97 Å². The Labute approximate surface area is 135 Å². The molecule has 0 unspecified atom stereocenters. The van der Waals surface area contributed by atoms with Crippen molar-refractivity contribution in [1.29, 1.82) is 0 Å². The van der Waals surface area contributed by atoms with E-state index in [0.29, 0.717) is 13.1 Å². The van der Waals surface area contributed by atoms with Gasteiger partial charge in [0.15, 0.2) is 0 Å². The van der Waals surface area contributed by atoms with Crippen LogP contribution in [0.1, 0.15) is 52.4 Å². The zero-order chi connectivity index (χ0) is 16.2. The summed E-state index contributed by atoms with van der Waals surface area (Å²) in [5, 5.41) is 13.5. The van der Waals surface area contributed by atoms with Crippen LogP contribution in [0.15, 0.2) is 4.47 Å². The molecule has 0 radical (unpaired) electrons. The van der Waals surface area contributed by atoms with Crippen LogP contribution in [0.5, 0.6) is 0 Å². The molecule has 0 aliphatic heterocycles. The number of carboxylic acids is 1. The number of carbonyl (C=O) groups is 1. The van der Waals surface area contributed by atoms with Crippen molar-refractivity contribution in [2.75, 3.05) is 6.54 Å². The molecular weight excluding hydrogens is 334 g/mol. The van der Waals surface area contributed by atoms with E-state index in [9.17, 15) is 4.79 Å². The Morgan fingerprint density at radius 2 is 2.00 bits per heavy atom. The number of aryl methyl sites for hydroxylation is 2. The Hall–Kier alpha value is -0.880. The first-order valence-electron chi connectivity index (χ1n) is 7.41. The molecule has 0 saturated heterocycles. The van der Waals surface area contributed by atoms with Crippen LogP contribution in [0.25, 0.3) is 0 Å². The van der Waals surface area contributed by atoms with Gasteiger partial charge in [-0.3, -0.25) is 14.4 Å². The molecule has 0 saturated carbocycles. The van der Waals surface area contributed by atoms with Crippen molar-refractivity contribution in [1.82, 2.24) is 14.7 Å². The standard InChI is InChI=1S/C15H26BrN3O2/c1-6-11-14(16)12(19(7-2)17-11)10-18(15(3,4)5)9-8-13(20)21/h6-10H2,1-5H3,(H,20,21). The lowest BCUT2D eigenvalue weighted by Crippen LogP contribution is -2.42. The molecule has 21 heavy (non-hydrogen) atoms. The van der Waals surface area contributed by atoms with Gasteiger partial charge in [0.1, 0.15) is 0 Å². The van der Waals surface area contributed by atoms with E-state index in [-0.39, 0.29) is 12.0 Å². The number of aromatic nitrogens is 2. The molecule has 0 aliphatic carbocycles. The van der Waals surface area contributed by atoms with E-state index in [1.54, 1.807) is 0 Å². The van der Waals surface area contributed by atoms with E-state index >= 15 is 0 Å². The van der Waals surface area contributed by atoms with Crippen molar-refractivity contribution in [2.45, 2.75) is 66.1 Å². The molecule has 1 rings (SSSR count). The van der Waals surface area contributed by atoms with Crippen molar-refractivity contribution in [3.8, 4) is 0 Å². The lowest BCUT2D eigenvalue weighted by Gasteiger charge is -2.35. The average molecular weight is 360 g/mol. The number of carboxylic acid groups (broad SMARTS) is 1. The van der Waals surface area contributed by atoms with Crippen molar-refractivity contribution in [3.63, 3.8) is 0 Å². The molecule has 120 valence electrons. The molecule has 6 heteroatoms. The zero-order valence-corrected chi connectivity index (χ0v) is 15.2. The van der Waals surface area contributed by atoms with E-state index in [1.165, 1.54) is 0 Å². The summed E-state index contributed by atoms with van der Waals surface area (Å²) in [6.45, 7) is 12.5. The first kappa shape index (κ1) is 18.2. The second-order valence-corrected chi connectivity index (χ2v) is 6.91. The summed E-state index contributed by atoms with van der Waals surface area (Å²) in [4.78, 5) is 13.1. The van der Waals surface area contributed by atoms with Crippen LogP contribution in [0, 0.1) is 0 Å². The van der Waals surface area contributed by atoms with Gasteiger partial charge in [0.25, 0.3) is 0 Å². The molecule has 0 spiro atoms. The molecule has 1 aromatic rings. The summed E-state index contributed by atoms with van der Waals surface area (Å²) in [6, 6.07) is 0. The summed E-state index contributed by atoms with van der Waals surface area (Å²) in [6.07, 6.45) is 1.03. The lowest BCUT2D eigenvalue weighted by molar-refractivity contribution is -0.137. The molecule has 5 nitrogen and oxygen atoms in total. The van der Waals surface area contributed by atoms with Crippen molar-refractivity contribution < 1.29 is 9.90 Å². The summed E-state index contributed by atoms with van der Waals surface area (Å²) in [7, 11) is 0. The Balaban J connectivity index is 3.02. The van der Waals surface area contributed by atoms with E-state index in [4.69, 9.17) is 5.11 Å². The Kier molecular flexibility index (Phi) is 6.41. The molecule has 0 bridgehead atoms. The SMILES string of the molecule is CCc1nn(CC)c(CN(CCC(=O)O)C(C)(C)C)c1Br. The lowest BCUT2D eigenvalue weighted by atomic mass is 10.0. The number of nitrogens with zero attached hydrogens (tertiary/aromatic N) is 3. The van der Waals surface area contributed by atoms with E-state index in [1.807, 2.05) is 4.68 Å². The highest BCUT2D eigenvalue weighted by Crippen LogP contribution is 2.26. The highest BCUT2D eigenvalue weighted by atomic mass is 79.9. The monoisotopic (exact) mass is 359 g/mol. The minimum atomic E-state index is -0.762. The highest BCUT2D eigenvalue weighted by molar-refractivity contribution is 9.10. The largest absolute Gasteiger partial charge is 0.481 e. The zero-order valence-electron chi connectivity index (χ0n) is 13.6. The predicted molar refractivity (Wildman–Crippen MR) is 87.4 cm³/mol. The second kappa shape index (κ2) is 7.40. The fraction of sp³-hybridized carbons (Fsp3) is 0.733. The Morgan fingerprint density at radius 1 is 1.38 bits per heavy atom.